The van der Waals surface area contributed by atoms with Crippen molar-refractivity contribution in [2.45, 2.75) is 40.7 Å². The topological polar surface area (TPSA) is 69.0 Å². The maximum Gasteiger partial charge on any atom is 0.252 e. The number of ether oxygens (including phenoxy) is 1. The van der Waals surface area contributed by atoms with Crippen LogP contribution in [-0.4, -0.2) is 40.4 Å². The summed E-state index contributed by atoms with van der Waals surface area (Å²) in [7, 11) is 0. The summed E-state index contributed by atoms with van der Waals surface area (Å²) in [5, 5.41) is 8.26. The smallest absolute Gasteiger partial charge is 0.252 e. The van der Waals surface area contributed by atoms with E-state index in [4.69, 9.17) is 4.74 Å². The van der Waals surface area contributed by atoms with Gasteiger partial charge in [0.15, 0.2) is 5.65 Å². The summed E-state index contributed by atoms with van der Waals surface area (Å²) in [4.78, 5) is 17.0. The number of rotatable bonds is 7. The molecule has 0 spiro atoms. The number of hydrogen-bond donors (Lipinski definition) is 1. The monoisotopic (exact) mass is 304 g/mol. The van der Waals surface area contributed by atoms with Gasteiger partial charge in [0.1, 0.15) is 0 Å². The lowest BCUT2D eigenvalue weighted by molar-refractivity contribution is 0.0945. The van der Waals surface area contributed by atoms with Gasteiger partial charge in [-0.3, -0.25) is 4.79 Å². The first-order valence-corrected chi connectivity index (χ1v) is 7.79. The number of carbonyl (C=O) groups excluding carboxylic acids is 1. The van der Waals surface area contributed by atoms with Crippen LogP contribution in [0, 0.1) is 13.8 Å². The first-order chi connectivity index (χ1) is 10.6. The standard InChI is InChI=1S/C16H24N4O2/c1-5-20-15-14(12(4)19-20)13(10-11(3)18-15)16(21)17-8-7-9-22-6-2/h10H,5-9H2,1-4H3,(H,17,21). The van der Waals surface area contributed by atoms with Gasteiger partial charge >= 0.3 is 0 Å². The van der Waals surface area contributed by atoms with Crippen LogP contribution in [-0.2, 0) is 11.3 Å². The minimum Gasteiger partial charge on any atom is -0.382 e. The lowest BCUT2D eigenvalue weighted by Crippen LogP contribution is -2.25. The number of pyridine rings is 1. The minimum atomic E-state index is -0.0780. The molecule has 0 saturated carbocycles. The molecule has 0 aliphatic rings. The Morgan fingerprint density at radius 3 is 2.82 bits per heavy atom. The molecule has 22 heavy (non-hydrogen) atoms. The van der Waals surface area contributed by atoms with Gasteiger partial charge in [-0.15, -0.1) is 0 Å². The highest BCUT2D eigenvalue weighted by Crippen LogP contribution is 2.22. The van der Waals surface area contributed by atoms with Crippen LogP contribution in [0.25, 0.3) is 11.0 Å². The molecule has 2 rings (SSSR count). The SMILES string of the molecule is CCOCCCNC(=O)c1cc(C)nc2c1c(C)nn2CC. The van der Waals surface area contributed by atoms with E-state index in [-0.39, 0.29) is 5.91 Å². The summed E-state index contributed by atoms with van der Waals surface area (Å²) in [5.41, 5.74) is 3.08. The zero-order valence-electron chi connectivity index (χ0n) is 13.8. The van der Waals surface area contributed by atoms with Crippen LogP contribution in [0.5, 0.6) is 0 Å². The second-order valence-electron chi connectivity index (χ2n) is 5.22. The molecule has 0 aromatic carbocycles. The van der Waals surface area contributed by atoms with Crippen molar-refractivity contribution >= 4 is 16.9 Å². The molecule has 0 bridgehead atoms. The summed E-state index contributed by atoms with van der Waals surface area (Å²) in [6, 6.07) is 1.83. The molecule has 0 aliphatic heterocycles. The molecule has 6 heteroatoms. The van der Waals surface area contributed by atoms with Gasteiger partial charge in [-0.2, -0.15) is 5.10 Å². The molecule has 1 N–H and O–H groups in total. The highest BCUT2D eigenvalue weighted by Gasteiger charge is 2.17. The Hall–Kier alpha value is -1.95. The summed E-state index contributed by atoms with van der Waals surface area (Å²) in [5.74, 6) is -0.0780. The quantitative estimate of drug-likeness (QED) is 0.796. The second-order valence-corrected chi connectivity index (χ2v) is 5.22. The Morgan fingerprint density at radius 1 is 1.36 bits per heavy atom. The fourth-order valence-electron chi connectivity index (χ4n) is 2.49. The molecule has 0 radical (unpaired) electrons. The van der Waals surface area contributed by atoms with E-state index in [1.807, 2.05) is 38.4 Å². The molecule has 0 fully saturated rings. The zero-order valence-corrected chi connectivity index (χ0v) is 13.8. The van der Waals surface area contributed by atoms with Gasteiger partial charge in [0.25, 0.3) is 5.91 Å². The highest BCUT2D eigenvalue weighted by atomic mass is 16.5. The molecule has 2 aromatic rings. The molecule has 1 amide bonds. The van der Waals surface area contributed by atoms with E-state index in [0.29, 0.717) is 25.3 Å². The molecule has 0 unspecified atom stereocenters. The lowest BCUT2D eigenvalue weighted by atomic mass is 10.1. The fourth-order valence-corrected chi connectivity index (χ4v) is 2.49. The Morgan fingerprint density at radius 2 is 2.14 bits per heavy atom. The summed E-state index contributed by atoms with van der Waals surface area (Å²) in [6.45, 7) is 10.5. The van der Waals surface area contributed by atoms with Crippen LogP contribution < -0.4 is 5.32 Å². The van der Waals surface area contributed by atoms with E-state index >= 15 is 0 Å². The zero-order chi connectivity index (χ0) is 16.1. The van der Waals surface area contributed by atoms with Crippen molar-refractivity contribution < 1.29 is 9.53 Å². The van der Waals surface area contributed by atoms with Crippen molar-refractivity contribution in [3.8, 4) is 0 Å². The number of fused-ring (bicyclic) bond motifs is 1. The Kier molecular flexibility index (Phi) is 5.49. The van der Waals surface area contributed by atoms with Gasteiger partial charge in [-0.1, -0.05) is 0 Å². The van der Waals surface area contributed by atoms with Crippen molar-refractivity contribution in [1.82, 2.24) is 20.1 Å². The van der Waals surface area contributed by atoms with Gasteiger partial charge in [-0.05, 0) is 40.2 Å². The number of aromatic nitrogens is 3. The van der Waals surface area contributed by atoms with E-state index < -0.39 is 0 Å². The van der Waals surface area contributed by atoms with Gasteiger partial charge in [-0.25, -0.2) is 9.67 Å². The van der Waals surface area contributed by atoms with Crippen molar-refractivity contribution in [1.29, 1.82) is 0 Å². The number of nitrogens with zero attached hydrogens (tertiary/aromatic N) is 3. The van der Waals surface area contributed by atoms with Crippen LogP contribution in [0.4, 0.5) is 0 Å². The third kappa shape index (κ3) is 3.44. The second kappa shape index (κ2) is 7.35. The van der Waals surface area contributed by atoms with Crippen LogP contribution >= 0.6 is 0 Å². The first kappa shape index (κ1) is 16.4. The van der Waals surface area contributed by atoms with E-state index in [9.17, 15) is 4.79 Å². The van der Waals surface area contributed by atoms with E-state index in [0.717, 1.165) is 35.4 Å². The predicted octanol–water partition coefficient (Wildman–Crippen LogP) is 2.22. The van der Waals surface area contributed by atoms with Crippen LogP contribution in [0.15, 0.2) is 6.07 Å². The molecule has 120 valence electrons. The van der Waals surface area contributed by atoms with Crippen LogP contribution in [0.2, 0.25) is 0 Å². The average molecular weight is 304 g/mol. The number of hydrogen-bond acceptors (Lipinski definition) is 4. The van der Waals surface area contributed by atoms with Crippen molar-refractivity contribution in [2.75, 3.05) is 19.8 Å². The summed E-state index contributed by atoms with van der Waals surface area (Å²) in [6.07, 6.45) is 0.806. The molecular weight excluding hydrogens is 280 g/mol. The molecule has 6 nitrogen and oxygen atoms in total. The fraction of sp³-hybridized carbons (Fsp3) is 0.562. The van der Waals surface area contributed by atoms with E-state index in [1.165, 1.54) is 0 Å². The average Bonchev–Trinajstić information content (AvgIpc) is 2.82. The number of nitrogens with one attached hydrogen (secondary N) is 1. The van der Waals surface area contributed by atoms with Gasteiger partial charge in [0, 0.05) is 32.0 Å². The first-order valence-electron chi connectivity index (χ1n) is 7.79. The molecule has 0 atom stereocenters. The van der Waals surface area contributed by atoms with E-state index in [2.05, 4.69) is 15.4 Å². The van der Waals surface area contributed by atoms with Crippen molar-refractivity contribution in [3.63, 3.8) is 0 Å². The maximum absolute atomic E-state index is 12.5. The summed E-state index contributed by atoms with van der Waals surface area (Å²) >= 11 is 0. The van der Waals surface area contributed by atoms with Gasteiger partial charge in [0.05, 0.1) is 16.6 Å². The Bertz CT molecular complexity index is 664. The van der Waals surface area contributed by atoms with Gasteiger partial charge in [0.2, 0.25) is 0 Å². The van der Waals surface area contributed by atoms with Gasteiger partial charge < -0.3 is 10.1 Å². The van der Waals surface area contributed by atoms with E-state index in [1.54, 1.807) is 0 Å². The number of carbonyl (C=O) groups is 1. The Labute approximate surface area is 130 Å². The predicted molar refractivity (Wildman–Crippen MR) is 86.1 cm³/mol. The highest BCUT2D eigenvalue weighted by molar-refractivity contribution is 6.06. The maximum atomic E-state index is 12.5. The Balaban J connectivity index is 2.23. The lowest BCUT2D eigenvalue weighted by Gasteiger charge is -2.08. The normalized spacial score (nSPS) is 11.1. The number of amides is 1. The van der Waals surface area contributed by atoms with Crippen molar-refractivity contribution in [3.05, 3.63) is 23.0 Å². The molecule has 0 aliphatic carbocycles. The summed E-state index contributed by atoms with van der Waals surface area (Å²) < 4.78 is 7.11. The largest absolute Gasteiger partial charge is 0.382 e. The third-order valence-electron chi connectivity index (χ3n) is 3.50. The molecule has 2 heterocycles. The van der Waals surface area contributed by atoms with Crippen LogP contribution in [0.3, 0.4) is 0 Å². The molecule has 0 saturated heterocycles. The number of aryl methyl sites for hydroxylation is 3. The third-order valence-corrected chi connectivity index (χ3v) is 3.50. The molecular formula is C16H24N4O2. The minimum absolute atomic E-state index is 0.0780. The van der Waals surface area contributed by atoms with Crippen molar-refractivity contribution in [2.24, 2.45) is 0 Å². The molecule has 2 aromatic heterocycles. The van der Waals surface area contributed by atoms with Crippen LogP contribution in [0.1, 0.15) is 42.0 Å².